The van der Waals surface area contributed by atoms with Gasteiger partial charge >= 0.3 is 0 Å². The van der Waals surface area contributed by atoms with Crippen molar-refractivity contribution < 1.29 is 4.74 Å². The van der Waals surface area contributed by atoms with Crippen molar-refractivity contribution in [1.29, 1.82) is 0 Å². The van der Waals surface area contributed by atoms with Crippen LogP contribution in [-0.4, -0.2) is 19.6 Å². The van der Waals surface area contributed by atoms with E-state index < -0.39 is 0 Å². The molecule has 126 valence electrons. The normalized spacial score (nSPS) is 13.7. The zero-order valence-electron chi connectivity index (χ0n) is 13.8. The van der Waals surface area contributed by atoms with Crippen LogP contribution in [0.15, 0.2) is 45.9 Å². The van der Waals surface area contributed by atoms with Gasteiger partial charge in [0.25, 0.3) is 0 Å². The molecule has 3 N–H and O–H groups in total. The maximum absolute atomic E-state index is 6.01. The fourth-order valence-electron chi connectivity index (χ4n) is 3.11. The third kappa shape index (κ3) is 3.90. The lowest BCUT2D eigenvalue weighted by Crippen LogP contribution is -2.23. The number of nitrogens with one attached hydrogen (secondary N) is 1. The monoisotopic (exact) mass is 387 g/mol. The summed E-state index contributed by atoms with van der Waals surface area (Å²) in [5.41, 5.74) is 11.0. The van der Waals surface area contributed by atoms with Crippen molar-refractivity contribution in [2.24, 2.45) is 10.7 Å². The van der Waals surface area contributed by atoms with Gasteiger partial charge in [0.2, 0.25) is 0 Å². The van der Waals surface area contributed by atoms with Crippen LogP contribution in [0.3, 0.4) is 0 Å². The molecule has 5 heteroatoms. The van der Waals surface area contributed by atoms with Crippen LogP contribution >= 0.6 is 15.9 Å². The van der Waals surface area contributed by atoms with E-state index >= 15 is 0 Å². The molecular weight excluding hydrogens is 366 g/mol. The number of para-hydroxylation sites is 1. The van der Waals surface area contributed by atoms with Crippen molar-refractivity contribution in [2.45, 2.75) is 25.7 Å². The minimum absolute atomic E-state index is 0.446. The quantitative estimate of drug-likeness (QED) is 0.603. The van der Waals surface area contributed by atoms with Crippen LogP contribution in [0.1, 0.15) is 23.1 Å². The Bertz CT molecular complexity index is 758. The van der Waals surface area contributed by atoms with Crippen molar-refractivity contribution in [1.82, 2.24) is 0 Å². The molecule has 2 aromatic rings. The van der Waals surface area contributed by atoms with Gasteiger partial charge in [-0.1, -0.05) is 18.2 Å². The van der Waals surface area contributed by atoms with Crippen LogP contribution in [0.25, 0.3) is 0 Å². The van der Waals surface area contributed by atoms with E-state index in [2.05, 4.69) is 44.4 Å². The molecule has 2 aromatic carbocycles. The summed E-state index contributed by atoms with van der Waals surface area (Å²) in [5.74, 6) is 1.31. The largest absolute Gasteiger partial charge is 0.495 e. The first kappa shape index (κ1) is 16.8. The lowest BCUT2D eigenvalue weighted by molar-refractivity contribution is 0.407. The van der Waals surface area contributed by atoms with E-state index in [4.69, 9.17) is 10.5 Å². The van der Waals surface area contributed by atoms with Gasteiger partial charge in [-0.2, -0.15) is 0 Å². The topological polar surface area (TPSA) is 59.6 Å². The van der Waals surface area contributed by atoms with Crippen LogP contribution in [0.5, 0.6) is 5.75 Å². The third-order valence-electron chi connectivity index (χ3n) is 4.29. The Balaban J connectivity index is 1.60. The van der Waals surface area contributed by atoms with E-state index in [1.54, 1.807) is 7.11 Å². The molecule has 0 heterocycles. The van der Waals surface area contributed by atoms with Crippen LogP contribution in [0.4, 0.5) is 5.69 Å². The first-order valence-corrected chi connectivity index (χ1v) is 8.97. The summed E-state index contributed by atoms with van der Waals surface area (Å²) in [5, 5.41) is 3.19. The van der Waals surface area contributed by atoms with Gasteiger partial charge in [0.15, 0.2) is 5.96 Å². The molecule has 0 aromatic heterocycles. The van der Waals surface area contributed by atoms with E-state index in [1.807, 2.05) is 18.2 Å². The maximum Gasteiger partial charge on any atom is 0.193 e. The van der Waals surface area contributed by atoms with Gasteiger partial charge in [0, 0.05) is 12.2 Å². The average molecular weight is 388 g/mol. The molecule has 0 fully saturated rings. The predicted octanol–water partition coefficient (Wildman–Crippen LogP) is 3.92. The summed E-state index contributed by atoms with van der Waals surface area (Å²) in [6.07, 6.45) is 4.37. The number of benzene rings is 2. The Hall–Kier alpha value is -2.01. The first-order chi connectivity index (χ1) is 11.7. The Morgan fingerprint density at radius 1 is 1.25 bits per heavy atom. The van der Waals surface area contributed by atoms with E-state index in [-0.39, 0.29) is 0 Å². The van der Waals surface area contributed by atoms with Gasteiger partial charge in [-0.15, -0.1) is 0 Å². The molecule has 0 radical (unpaired) electrons. The molecule has 0 unspecified atom stereocenters. The summed E-state index contributed by atoms with van der Waals surface area (Å²) >= 11 is 3.50. The number of nitrogens with two attached hydrogens (primary N) is 1. The molecule has 0 saturated carbocycles. The number of anilines is 1. The summed E-state index contributed by atoms with van der Waals surface area (Å²) in [4.78, 5) is 4.43. The van der Waals surface area contributed by atoms with E-state index in [9.17, 15) is 0 Å². The number of hydrogen-bond donors (Lipinski definition) is 2. The highest BCUT2D eigenvalue weighted by Gasteiger charge is 2.11. The Morgan fingerprint density at radius 2 is 2.08 bits per heavy atom. The first-order valence-electron chi connectivity index (χ1n) is 8.17. The highest BCUT2D eigenvalue weighted by atomic mass is 79.9. The molecule has 24 heavy (non-hydrogen) atoms. The molecule has 0 amide bonds. The molecule has 0 aliphatic heterocycles. The number of aliphatic imine (C=N–C) groups is 1. The van der Waals surface area contributed by atoms with Crippen molar-refractivity contribution >= 4 is 27.6 Å². The van der Waals surface area contributed by atoms with Gasteiger partial charge in [0.1, 0.15) is 5.75 Å². The van der Waals surface area contributed by atoms with Crippen molar-refractivity contribution in [3.05, 3.63) is 57.6 Å². The molecule has 0 bridgehead atoms. The highest BCUT2D eigenvalue weighted by Crippen LogP contribution is 2.29. The zero-order valence-corrected chi connectivity index (χ0v) is 15.4. The van der Waals surface area contributed by atoms with Crippen LogP contribution in [0, 0.1) is 0 Å². The van der Waals surface area contributed by atoms with Crippen molar-refractivity contribution in [3.63, 3.8) is 0 Å². The standard InChI is InChI=1S/C19H22BrN3O/c1-24-18-14(5-3-7-17(18)20)10-11-22-19(21)23-16-9-8-13-4-2-6-15(13)12-16/h3,5,7-9,12H,2,4,6,10-11H2,1H3,(H3,21,22,23). The van der Waals surface area contributed by atoms with Crippen LogP contribution < -0.4 is 15.8 Å². The second kappa shape index (κ2) is 7.71. The molecule has 0 saturated heterocycles. The molecule has 3 rings (SSSR count). The number of fused-ring (bicyclic) bond motifs is 1. The minimum atomic E-state index is 0.446. The maximum atomic E-state index is 6.01. The van der Waals surface area contributed by atoms with Crippen molar-refractivity contribution in [3.8, 4) is 5.75 Å². The average Bonchev–Trinajstić information content (AvgIpc) is 3.02. The van der Waals surface area contributed by atoms with E-state index in [1.165, 1.54) is 24.0 Å². The smallest absolute Gasteiger partial charge is 0.193 e. The summed E-state index contributed by atoms with van der Waals surface area (Å²) < 4.78 is 6.38. The SMILES string of the molecule is COc1c(Br)cccc1CCN=C(N)Nc1ccc2c(c1)CCC2. The fraction of sp³-hybridized carbons (Fsp3) is 0.316. The number of rotatable bonds is 5. The Labute approximate surface area is 151 Å². The van der Waals surface area contributed by atoms with Gasteiger partial charge in [0.05, 0.1) is 11.6 Å². The summed E-state index contributed by atoms with van der Waals surface area (Å²) in [7, 11) is 1.68. The number of ether oxygens (including phenoxy) is 1. The van der Waals surface area contributed by atoms with Gasteiger partial charge in [-0.05, 0) is 76.5 Å². The van der Waals surface area contributed by atoms with E-state index in [0.717, 1.165) is 34.3 Å². The number of halogens is 1. The second-order valence-corrected chi connectivity index (χ2v) is 6.77. The van der Waals surface area contributed by atoms with Gasteiger partial charge in [-0.3, -0.25) is 4.99 Å². The number of hydrogen-bond acceptors (Lipinski definition) is 2. The summed E-state index contributed by atoms with van der Waals surface area (Å²) in [6.45, 7) is 0.608. The third-order valence-corrected chi connectivity index (χ3v) is 4.91. The number of aryl methyl sites for hydroxylation is 2. The Kier molecular flexibility index (Phi) is 5.41. The van der Waals surface area contributed by atoms with Gasteiger partial charge in [-0.25, -0.2) is 0 Å². The number of guanidine groups is 1. The zero-order chi connectivity index (χ0) is 16.9. The molecule has 0 atom stereocenters. The highest BCUT2D eigenvalue weighted by molar-refractivity contribution is 9.10. The summed E-state index contributed by atoms with van der Waals surface area (Å²) in [6, 6.07) is 12.5. The lowest BCUT2D eigenvalue weighted by atomic mass is 10.1. The molecular formula is C19H22BrN3O. The second-order valence-electron chi connectivity index (χ2n) is 5.91. The molecule has 1 aliphatic carbocycles. The predicted molar refractivity (Wildman–Crippen MR) is 103 cm³/mol. The van der Waals surface area contributed by atoms with Gasteiger partial charge < -0.3 is 15.8 Å². The molecule has 4 nitrogen and oxygen atoms in total. The number of methoxy groups -OCH3 is 1. The molecule has 0 spiro atoms. The minimum Gasteiger partial charge on any atom is -0.495 e. The number of nitrogens with zero attached hydrogens (tertiary/aromatic N) is 1. The van der Waals surface area contributed by atoms with Crippen LogP contribution in [-0.2, 0) is 19.3 Å². The molecule has 1 aliphatic rings. The van der Waals surface area contributed by atoms with E-state index in [0.29, 0.717) is 12.5 Å². The van der Waals surface area contributed by atoms with Crippen molar-refractivity contribution in [2.75, 3.05) is 19.0 Å². The fourth-order valence-corrected chi connectivity index (χ4v) is 3.68. The van der Waals surface area contributed by atoms with Crippen LogP contribution in [0.2, 0.25) is 0 Å². The Morgan fingerprint density at radius 3 is 2.92 bits per heavy atom. The lowest BCUT2D eigenvalue weighted by Gasteiger charge is -2.10.